The van der Waals surface area contributed by atoms with E-state index in [9.17, 15) is 5.11 Å². The number of hydrogen-bond donors (Lipinski definition) is 1. The number of aromatic nitrogens is 1. The molecule has 1 N–H and O–H groups in total. The molecule has 5 heteroatoms. The second-order valence-electron chi connectivity index (χ2n) is 8.63. The number of aliphatic hydroxyl groups is 1. The van der Waals surface area contributed by atoms with E-state index in [1.165, 1.54) is 10.8 Å². The lowest BCUT2D eigenvalue weighted by Gasteiger charge is -2.35. The van der Waals surface area contributed by atoms with Crippen LogP contribution in [0.5, 0.6) is 0 Å². The summed E-state index contributed by atoms with van der Waals surface area (Å²) in [5.41, 5.74) is 3.24. The van der Waals surface area contributed by atoms with E-state index in [2.05, 4.69) is 71.3 Å². The van der Waals surface area contributed by atoms with E-state index in [-0.39, 0.29) is 12.2 Å². The molecule has 5 nitrogen and oxygen atoms in total. The lowest BCUT2D eigenvalue weighted by Crippen LogP contribution is -2.46. The average molecular weight is 418 g/mol. The maximum Gasteiger partial charge on any atom is 0.137 e. The minimum Gasteiger partial charge on any atom is -0.393 e. The van der Waals surface area contributed by atoms with Crippen LogP contribution < -0.4 is 4.90 Å². The highest BCUT2D eigenvalue weighted by atomic mass is 16.5. The van der Waals surface area contributed by atoms with Crippen LogP contribution in [0.25, 0.3) is 22.0 Å². The minimum absolute atomic E-state index is 0.0206. The second-order valence-corrected chi connectivity index (χ2v) is 8.63. The number of hydrogen-bond acceptors (Lipinski definition) is 5. The van der Waals surface area contributed by atoms with Gasteiger partial charge in [-0.1, -0.05) is 55.5 Å². The molecule has 31 heavy (non-hydrogen) atoms. The molecule has 0 unspecified atom stereocenters. The van der Waals surface area contributed by atoms with Crippen molar-refractivity contribution < 1.29 is 9.84 Å². The largest absolute Gasteiger partial charge is 0.393 e. The molecule has 3 aromatic rings. The molecular formula is C26H31N3O2. The van der Waals surface area contributed by atoms with Crippen LogP contribution in [0.2, 0.25) is 0 Å². The first kappa shape index (κ1) is 20.4. The zero-order chi connectivity index (χ0) is 21.2. The minimum atomic E-state index is -0.267. The molecule has 1 aromatic heterocycles. The summed E-state index contributed by atoms with van der Waals surface area (Å²) in [6.07, 6.45) is 1.11. The van der Waals surface area contributed by atoms with Gasteiger partial charge in [-0.05, 0) is 30.0 Å². The van der Waals surface area contributed by atoms with Crippen LogP contribution >= 0.6 is 0 Å². The summed E-state index contributed by atoms with van der Waals surface area (Å²) in [6.45, 7) is 8.14. The lowest BCUT2D eigenvalue weighted by atomic mass is 9.97. The monoisotopic (exact) mass is 417 g/mol. The fourth-order valence-electron chi connectivity index (χ4n) is 4.73. The van der Waals surface area contributed by atoms with E-state index < -0.39 is 0 Å². The maximum absolute atomic E-state index is 9.96. The van der Waals surface area contributed by atoms with Gasteiger partial charge >= 0.3 is 0 Å². The molecule has 3 heterocycles. The number of aliphatic hydroxyl groups excluding tert-OH is 1. The summed E-state index contributed by atoms with van der Waals surface area (Å²) in [4.78, 5) is 10.1. The number of fused-ring (bicyclic) bond motifs is 1. The average Bonchev–Trinajstić information content (AvgIpc) is 2.83. The van der Waals surface area contributed by atoms with Crippen molar-refractivity contribution in [3.8, 4) is 11.3 Å². The quantitative estimate of drug-likeness (QED) is 0.688. The molecule has 2 aromatic carbocycles. The Hall–Kier alpha value is -2.47. The van der Waals surface area contributed by atoms with Crippen molar-refractivity contribution in [1.29, 1.82) is 0 Å². The Balaban J connectivity index is 1.46. The molecule has 2 aliphatic rings. The molecule has 2 aliphatic heterocycles. The van der Waals surface area contributed by atoms with Crippen LogP contribution in [0.4, 0.5) is 5.82 Å². The van der Waals surface area contributed by atoms with Crippen LogP contribution in [0, 0.1) is 0 Å². The number of likely N-dealkylation sites (N-methyl/N-ethyl adjacent to an activating group) is 1. The lowest BCUT2D eigenvalue weighted by molar-refractivity contribution is -0.0447. The third kappa shape index (κ3) is 4.31. The summed E-state index contributed by atoms with van der Waals surface area (Å²) in [7, 11) is 0. The van der Waals surface area contributed by atoms with Gasteiger partial charge in [0.05, 0.1) is 17.9 Å². The van der Waals surface area contributed by atoms with E-state index in [0.29, 0.717) is 13.0 Å². The predicted octanol–water partition coefficient (Wildman–Crippen LogP) is 4.26. The first-order chi connectivity index (χ1) is 15.2. The van der Waals surface area contributed by atoms with Gasteiger partial charge in [-0.15, -0.1) is 0 Å². The van der Waals surface area contributed by atoms with Gasteiger partial charge in [-0.2, -0.15) is 0 Å². The molecule has 0 aliphatic carbocycles. The summed E-state index contributed by atoms with van der Waals surface area (Å²) in [5.74, 6) is 1.09. The van der Waals surface area contributed by atoms with Crippen LogP contribution in [0.3, 0.4) is 0 Å². The van der Waals surface area contributed by atoms with E-state index >= 15 is 0 Å². The van der Waals surface area contributed by atoms with Crippen LogP contribution in [-0.2, 0) is 4.74 Å². The number of benzene rings is 2. The summed E-state index contributed by atoms with van der Waals surface area (Å²) in [5, 5.41) is 12.4. The van der Waals surface area contributed by atoms with Gasteiger partial charge in [-0.3, -0.25) is 0 Å². The first-order valence-electron chi connectivity index (χ1n) is 11.5. The van der Waals surface area contributed by atoms with Gasteiger partial charge in [0, 0.05) is 50.2 Å². The third-order valence-electron chi connectivity index (χ3n) is 6.67. The van der Waals surface area contributed by atoms with Gasteiger partial charge in [0.15, 0.2) is 0 Å². The van der Waals surface area contributed by atoms with E-state index in [1.54, 1.807) is 0 Å². The topological polar surface area (TPSA) is 48.8 Å². The third-order valence-corrected chi connectivity index (χ3v) is 6.67. The molecule has 5 rings (SSSR count). The van der Waals surface area contributed by atoms with Crippen molar-refractivity contribution in [2.45, 2.75) is 32.0 Å². The maximum atomic E-state index is 9.96. The highest BCUT2D eigenvalue weighted by Gasteiger charge is 2.23. The van der Waals surface area contributed by atoms with Gasteiger partial charge in [-0.25, -0.2) is 4.98 Å². The Morgan fingerprint density at radius 3 is 2.55 bits per heavy atom. The Morgan fingerprint density at radius 2 is 1.81 bits per heavy atom. The number of rotatable bonds is 4. The fraction of sp³-hybridized carbons (Fsp3) is 0.423. The van der Waals surface area contributed by atoms with Gasteiger partial charge in [0.25, 0.3) is 0 Å². The molecule has 0 spiro atoms. The van der Waals surface area contributed by atoms with E-state index in [4.69, 9.17) is 9.72 Å². The van der Waals surface area contributed by atoms with Gasteiger partial charge in [0.2, 0.25) is 0 Å². The number of ether oxygens (including phenoxy) is 1. The molecule has 2 fully saturated rings. The SMILES string of the molecule is CCN1CCN(c2nc(-c3ccc([C@H]4C[C@H](O)CCO4)cc3)cc3ccccc23)CC1. The van der Waals surface area contributed by atoms with E-state index in [1.807, 2.05) is 0 Å². The van der Waals surface area contributed by atoms with Gasteiger partial charge < -0.3 is 19.6 Å². The smallest absolute Gasteiger partial charge is 0.137 e. The number of pyridine rings is 1. The van der Waals surface area contributed by atoms with Gasteiger partial charge in [0.1, 0.15) is 5.82 Å². The highest BCUT2D eigenvalue weighted by molar-refractivity contribution is 5.95. The Kier molecular flexibility index (Phi) is 5.90. The molecule has 162 valence electrons. The molecular weight excluding hydrogens is 386 g/mol. The summed E-state index contributed by atoms with van der Waals surface area (Å²) >= 11 is 0. The van der Waals surface area contributed by atoms with Crippen molar-refractivity contribution >= 4 is 16.6 Å². The standard InChI is InChI=1S/C26H31N3O2/c1-2-28-12-14-29(15-13-28)26-23-6-4-3-5-21(23)17-24(27-26)19-7-9-20(10-8-19)25-18-22(30)11-16-31-25/h3-10,17,22,25,30H,2,11-16,18H2,1H3/t22-,25-/m1/s1. The number of piperazine rings is 1. The van der Waals surface area contributed by atoms with Crippen molar-refractivity contribution in [3.05, 3.63) is 60.2 Å². The second kappa shape index (κ2) is 8.95. The highest BCUT2D eigenvalue weighted by Crippen LogP contribution is 2.33. The summed E-state index contributed by atoms with van der Waals surface area (Å²) in [6, 6.07) is 19.3. The molecule has 0 bridgehead atoms. The number of nitrogens with zero attached hydrogens (tertiary/aromatic N) is 3. The predicted molar refractivity (Wildman–Crippen MR) is 125 cm³/mol. The Morgan fingerprint density at radius 1 is 1.03 bits per heavy atom. The first-order valence-corrected chi connectivity index (χ1v) is 11.5. The van der Waals surface area contributed by atoms with Crippen molar-refractivity contribution in [1.82, 2.24) is 9.88 Å². The van der Waals surface area contributed by atoms with E-state index in [0.717, 1.165) is 61.8 Å². The Bertz CT molecular complexity index is 1030. The van der Waals surface area contributed by atoms with Crippen LogP contribution in [-0.4, -0.2) is 60.4 Å². The van der Waals surface area contributed by atoms with Crippen LogP contribution in [0.15, 0.2) is 54.6 Å². The van der Waals surface area contributed by atoms with Crippen LogP contribution in [0.1, 0.15) is 31.4 Å². The zero-order valence-corrected chi connectivity index (χ0v) is 18.2. The molecule has 2 saturated heterocycles. The van der Waals surface area contributed by atoms with Crippen molar-refractivity contribution in [2.75, 3.05) is 44.2 Å². The fourth-order valence-corrected chi connectivity index (χ4v) is 4.73. The molecule has 2 atom stereocenters. The van der Waals surface area contributed by atoms with Crippen molar-refractivity contribution in [2.24, 2.45) is 0 Å². The van der Waals surface area contributed by atoms with Crippen molar-refractivity contribution in [3.63, 3.8) is 0 Å². The molecule has 0 saturated carbocycles. The normalized spacial score (nSPS) is 22.7. The number of anilines is 1. The zero-order valence-electron chi connectivity index (χ0n) is 18.2. The molecule has 0 amide bonds. The summed E-state index contributed by atoms with van der Waals surface area (Å²) < 4.78 is 5.87. The Labute approximate surface area is 184 Å². The molecule has 0 radical (unpaired) electrons.